The molecule has 0 spiro atoms. The predicted molar refractivity (Wildman–Crippen MR) is 86.2 cm³/mol. The summed E-state index contributed by atoms with van der Waals surface area (Å²) in [5, 5.41) is 3.72. The van der Waals surface area contributed by atoms with Gasteiger partial charge in [0.1, 0.15) is 9.84 Å². The van der Waals surface area contributed by atoms with Crippen LogP contribution in [0.2, 0.25) is 0 Å². The van der Waals surface area contributed by atoms with Crippen LogP contribution < -0.4 is 5.32 Å². The fourth-order valence-electron chi connectivity index (χ4n) is 3.71. The number of rotatable bonds is 3. The van der Waals surface area contributed by atoms with E-state index in [1.54, 1.807) is 0 Å². The quantitative estimate of drug-likeness (QED) is 0.934. The number of fused-ring (bicyclic) bond motifs is 1. The van der Waals surface area contributed by atoms with Crippen LogP contribution in [0.5, 0.6) is 0 Å². The number of hydrogen-bond acceptors (Lipinski definition) is 3. The molecule has 1 fully saturated rings. The molecule has 1 aromatic rings. The molecule has 0 unspecified atom stereocenters. The second-order valence-electron chi connectivity index (χ2n) is 6.86. The zero-order valence-corrected chi connectivity index (χ0v) is 13.7. The molecular weight excluding hydrogens is 282 g/mol. The molecule has 0 bridgehead atoms. The number of sulfone groups is 1. The summed E-state index contributed by atoms with van der Waals surface area (Å²) in [7, 11) is -2.75. The van der Waals surface area contributed by atoms with Crippen molar-refractivity contribution in [2.45, 2.75) is 39.2 Å². The first-order chi connectivity index (χ1) is 9.94. The Bertz CT molecular complexity index is 610. The first kappa shape index (κ1) is 15.0. The lowest BCUT2D eigenvalue weighted by molar-refractivity contribution is 0.357. The van der Waals surface area contributed by atoms with Crippen LogP contribution in [0.1, 0.15) is 42.5 Å². The van der Waals surface area contributed by atoms with Crippen molar-refractivity contribution >= 4 is 9.84 Å². The summed E-state index contributed by atoms with van der Waals surface area (Å²) in [5.41, 5.74) is 4.24. The summed E-state index contributed by atoms with van der Waals surface area (Å²) >= 11 is 0. The first-order valence-electron chi connectivity index (χ1n) is 7.98. The average molecular weight is 307 g/mol. The summed E-state index contributed by atoms with van der Waals surface area (Å²) in [5.74, 6) is 1.87. The molecule has 1 saturated heterocycles. The van der Waals surface area contributed by atoms with E-state index in [2.05, 4.69) is 37.4 Å². The lowest BCUT2D eigenvalue weighted by Gasteiger charge is -2.26. The molecule has 0 amide bonds. The third-order valence-corrected chi connectivity index (χ3v) is 6.76. The summed E-state index contributed by atoms with van der Waals surface area (Å²) in [6.07, 6.45) is 2.78. The van der Waals surface area contributed by atoms with Crippen molar-refractivity contribution in [2.24, 2.45) is 11.8 Å². The van der Waals surface area contributed by atoms with Gasteiger partial charge in [-0.3, -0.25) is 0 Å². The Hall–Kier alpha value is -0.870. The Morgan fingerprint density at radius 2 is 1.95 bits per heavy atom. The highest BCUT2D eigenvalue weighted by Crippen LogP contribution is 2.36. The van der Waals surface area contributed by atoms with E-state index < -0.39 is 9.84 Å². The van der Waals surface area contributed by atoms with Crippen LogP contribution in [0.4, 0.5) is 0 Å². The van der Waals surface area contributed by atoms with Crippen LogP contribution in [-0.4, -0.2) is 26.5 Å². The molecule has 21 heavy (non-hydrogen) atoms. The summed E-state index contributed by atoms with van der Waals surface area (Å²) in [6, 6.07) is 7.19. The molecule has 2 aliphatic rings. The van der Waals surface area contributed by atoms with Gasteiger partial charge in [-0.2, -0.15) is 0 Å². The van der Waals surface area contributed by atoms with E-state index in [0.29, 0.717) is 29.4 Å². The molecule has 2 atom stereocenters. The molecule has 1 aliphatic carbocycles. The highest BCUT2D eigenvalue weighted by molar-refractivity contribution is 7.91. The van der Waals surface area contributed by atoms with Gasteiger partial charge in [-0.15, -0.1) is 0 Å². The van der Waals surface area contributed by atoms with E-state index in [4.69, 9.17) is 0 Å². The maximum absolute atomic E-state index is 11.5. The van der Waals surface area contributed by atoms with Crippen LogP contribution in [0, 0.1) is 18.8 Å². The normalized spacial score (nSPS) is 28.5. The minimum atomic E-state index is -2.75. The lowest BCUT2D eigenvalue weighted by atomic mass is 9.98. The van der Waals surface area contributed by atoms with Crippen LogP contribution in [-0.2, 0) is 16.3 Å². The van der Waals surface area contributed by atoms with Gasteiger partial charge in [0.25, 0.3) is 0 Å². The summed E-state index contributed by atoms with van der Waals surface area (Å²) in [4.78, 5) is 0. The van der Waals surface area contributed by atoms with E-state index in [9.17, 15) is 8.42 Å². The van der Waals surface area contributed by atoms with Gasteiger partial charge in [-0.1, -0.05) is 30.7 Å². The maximum Gasteiger partial charge on any atom is 0.150 e. The topological polar surface area (TPSA) is 46.2 Å². The van der Waals surface area contributed by atoms with Crippen molar-refractivity contribution in [2.75, 3.05) is 18.1 Å². The standard InChI is InChI=1S/C17H25NO2S/c1-12-3-4-15-10-13(2)17(16(15)9-12)18-11-14-5-7-21(19,20)8-6-14/h3-4,9,13-14,17-18H,5-8,10-11H2,1-2H3/t13-,17+/m0/s1. The van der Waals surface area contributed by atoms with E-state index in [1.165, 1.54) is 16.7 Å². The Kier molecular flexibility index (Phi) is 4.10. The molecule has 3 nitrogen and oxygen atoms in total. The highest BCUT2D eigenvalue weighted by Gasteiger charge is 2.30. The molecule has 1 heterocycles. The van der Waals surface area contributed by atoms with E-state index in [-0.39, 0.29) is 0 Å². The molecule has 1 aromatic carbocycles. The maximum atomic E-state index is 11.5. The van der Waals surface area contributed by atoms with Crippen molar-refractivity contribution in [3.63, 3.8) is 0 Å². The fraction of sp³-hybridized carbons (Fsp3) is 0.647. The first-order valence-corrected chi connectivity index (χ1v) is 9.80. The zero-order chi connectivity index (χ0) is 15.0. The summed E-state index contributed by atoms with van der Waals surface area (Å²) in [6.45, 7) is 5.39. The second-order valence-corrected chi connectivity index (χ2v) is 9.17. The SMILES string of the molecule is Cc1ccc2c(c1)[C@H](NCC1CCS(=O)(=O)CC1)[C@@H](C)C2. The minimum Gasteiger partial charge on any atom is -0.309 e. The van der Waals surface area contributed by atoms with Crippen molar-refractivity contribution in [3.8, 4) is 0 Å². The average Bonchev–Trinajstić information content (AvgIpc) is 2.73. The number of aryl methyl sites for hydroxylation is 1. The molecule has 116 valence electrons. The minimum absolute atomic E-state index is 0.370. The largest absolute Gasteiger partial charge is 0.309 e. The van der Waals surface area contributed by atoms with Crippen molar-refractivity contribution in [1.82, 2.24) is 5.32 Å². The van der Waals surface area contributed by atoms with Gasteiger partial charge in [0, 0.05) is 6.04 Å². The van der Waals surface area contributed by atoms with Crippen molar-refractivity contribution in [1.29, 1.82) is 0 Å². The van der Waals surface area contributed by atoms with Gasteiger partial charge in [-0.05, 0) is 55.7 Å². The number of hydrogen-bond donors (Lipinski definition) is 1. The fourth-order valence-corrected chi connectivity index (χ4v) is 5.30. The van der Waals surface area contributed by atoms with E-state index in [1.807, 2.05) is 0 Å². The molecule has 1 aliphatic heterocycles. The molecular formula is C17H25NO2S. The third-order valence-electron chi connectivity index (χ3n) is 5.05. The van der Waals surface area contributed by atoms with Gasteiger partial charge in [0.15, 0.2) is 0 Å². The zero-order valence-electron chi connectivity index (χ0n) is 12.9. The monoisotopic (exact) mass is 307 g/mol. The number of nitrogens with one attached hydrogen (secondary N) is 1. The molecule has 0 aromatic heterocycles. The predicted octanol–water partition coefficient (Wildman–Crippen LogP) is 2.64. The highest BCUT2D eigenvalue weighted by atomic mass is 32.2. The van der Waals surface area contributed by atoms with Crippen molar-refractivity contribution in [3.05, 3.63) is 34.9 Å². The van der Waals surface area contributed by atoms with Gasteiger partial charge in [0.05, 0.1) is 11.5 Å². The third kappa shape index (κ3) is 3.32. The molecule has 0 saturated carbocycles. The van der Waals surface area contributed by atoms with Crippen molar-refractivity contribution < 1.29 is 8.42 Å². The molecule has 3 rings (SSSR count). The van der Waals surface area contributed by atoms with Gasteiger partial charge in [-0.25, -0.2) is 8.42 Å². The Labute approximate surface area is 128 Å². The molecule has 1 N–H and O–H groups in total. The van der Waals surface area contributed by atoms with Gasteiger partial charge in [0.2, 0.25) is 0 Å². The smallest absolute Gasteiger partial charge is 0.150 e. The number of benzene rings is 1. The van der Waals surface area contributed by atoms with Crippen LogP contribution in [0.3, 0.4) is 0 Å². The molecule has 0 radical (unpaired) electrons. The summed E-state index contributed by atoms with van der Waals surface area (Å²) < 4.78 is 23.0. The Morgan fingerprint density at radius 3 is 2.67 bits per heavy atom. The van der Waals surface area contributed by atoms with Crippen LogP contribution in [0.15, 0.2) is 18.2 Å². The Morgan fingerprint density at radius 1 is 1.24 bits per heavy atom. The van der Waals surface area contributed by atoms with Gasteiger partial charge < -0.3 is 5.32 Å². The van der Waals surface area contributed by atoms with Crippen LogP contribution in [0.25, 0.3) is 0 Å². The van der Waals surface area contributed by atoms with E-state index in [0.717, 1.165) is 25.8 Å². The molecule has 4 heteroatoms. The lowest BCUT2D eigenvalue weighted by Crippen LogP contribution is -2.33. The van der Waals surface area contributed by atoms with E-state index >= 15 is 0 Å². The van der Waals surface area contributed by atoms with Gasteiger partial charge >= 0.3 is 0 Å². The van der Waals surface area contributed by atoms with Crippen LogP contribution >= 0.6 is 0 Å². The Balaban J connectivity index is 1.63. The second kappa shape index (κ2) is 5.73.